The van der Waals surface area contributed by atoms with Gasteiger partial charge in [-0.1, -0.05) is 18.2 Å². The van der Waals surface area contributed by atoms with Gasteiger partial charge in [-0.15, -0.1) is 0 Å². The van der Waals surface area contributed by atoms with Crippen LogP contribution in [-0.4, -0.2) is 22.8 Å². The quantitative estimate of drug-likeness (QED) is 0.524. The minimum atomic E-state index is -0.650. The third-order valence-corrected chi connectivity index (χ3v) is 2.09. The summed E-state index contributed by atoms with van der Waals surface area (Å²) in [6.45, 7) is 5.25. The van der Waals surface area contributed by atoms with Gasteiger partial charge in [-0.25, -0.2) is 10.2 Å². The van der Waals surface area contributed by atoms with Gasteiger partial charge in [0.1, 0.15) is 5.60 Å². The Morgan fingerprint density at radius 2 is 2.14 bits per heavy atom. The lowest BCUT2D eigenvalue weighted by Gasteiger charge is -2.18. The fourth-order valence-electron chi connectivity index (χ4n) is 1.33. The molecule has 0 aliphatic carbocycles. The molecule has 7 nitrogen and oxygen atoms in total. The Morgan fingerprint density at radius 3 is 2.76 bits per heavy atom. The highest BCUT2D eigenvalue weighted by molar-refractivity contribution is 5.79. The fraction of sp³-hybridized carbons (Fsp3) is 0.286. The zero-order chi connectivity index (χ0) is 15.9. The molecule has 1 amide bonds. The van der Waals surface area contributed by atoms with E-state index in [1.165, 1.54) is 18.3 Å². The Hall–Kier alpha value is -2.70. The molecule has 0 spiro atoms. The van der Waals surface area contributed by atoms with Crippen molar-refractivity contribution < 1.29 is 14.5 Å². The predicted octanol–water partition coefficient (Wildman–Crippen LogP) is 3.12. The Kier molecular flexibility index (Phi) is 5.59. The number of carbonyl (C=O) groups is 1. The summed E-state index contributed by atoms with van der Waals surface area (Å²) < 4.78 is 4.98. The number of rotatable bonds is 4. The fourth-order valence-corrected chi connectivity index (χ4v) is 1.33. The van der Waals surface area contributed by atoms with Crippen LogP contribution in [0.4, 0.5) is 10.5 Å². The molecule has 1 aromatic rings. The molecule has 0 bridgehead atoms. The van der Waals surface area contributed by atoms with Crippen molar-refractivity contribution in [1.82, 2.24) is 5.43 Å². The van der Waals surface area contributed by atoms with Crippen LogP contribution in [0.3, 0.4) is 0 Å². The Morgan fingerprint density at radius 1 is 1.43 bits per heavy atom. The van der Waals surface area contributed by atoms with Crippen molar-refractivity contribution in [1.29, 1.82) is 0 Å². The van der Waals surface area contributed by atoms with Crippen LogP contribution in [0, 0.1) is 10.1 Å². The van der Waals surface area contributed by atoms with Crippen LogP contribution in [-0.2, 0) is 4.74 Å². The van der Waals surface area contributed by atoms with Crippen LogP contribution in [0.1, 0.15) is 26.3 Å². The average Bonchev–Trinajstić information content (AvgIpc) is 2.36. The maximum Gasteiger partial charge on any atom is 0.428 e. The maximum atomic E-state index is 11.3. The van der Waals surface area contributed by atoms with E-state index in [1.807, 2.05) is 0 Å². The number of nitro benzene ring substituents is 1. The zero-order valence-electron chi connectivity index (χ0n) is 12.1. The smallest absolute Gasteiger partial charge is 0.428 e. The van der Waals surface area contributed by atoms with Crippen LogP contribution in [0.5, 0.6) is 0 Å². The second-order valence-electron chi connectivity index (χ2n) is 5.10. The average molecular weight is 291 g/mol. The molecule has 7 heteroatoms. The first-order chi connectivity index (χ1) is 9.78. The van der Waals surface area contributed by atoms with E-state index in [4.69, 9.17) is 4.74 Å². The molecule has 0 aromatic heterocycles. The van der Waals surface area contributed by atoms with Crippen molar-refractivity contribution in [3.05, 3.63) is 46.0 Å². The predicted molar refractivity (Wildman–Crippen MR) is 80.0 cm³/mol. The lowest BCUT2D eigenvalue weighted by molar-refractivity contribution is -0.384. The number of ether oxygens (including phenoxy) is 1. The van der Waals surface area contributed by atoms with E-state index in [2.05, 4.69) is 10.5 Å². The van der Waals surface area contributed by atoms with Crippen molar-refractivity contribution in [2.24, 2.45) is 5.10 Å². The number of carbonyl (C=O) groups excluding carboxylic acids is 1. The number of hydrogen-bond donors (Lipinski definition) is 1. The number of nitro groups is 1. The lowest BCUT2D eigenvalue weighted by atomic mass is 10.2. The van der Waals surface area contributed by atoms with Gasteiger partial charge in [-0.2, -0.15) is 5.10 Å². The van der Waals surface area contributed by atoms with Crippen LogP contribution < -0.4 is 5.43 Å². The van der Waals surface area contributed by atoms with E-state index >= 15 is 0 Å². The lowest BCUT2D eigenvalue weighted by Crippen LogP contribution is -2.29. The molecule has 21 heavy (non-hydrogen) atoms. The van der Waals surface area contributed by atoms with Gasteiger partial charge in [0.05, 0.1) is 4.92 Å². The van der Waals surface area contributed by atoms with E-state index in [-0.39, 0.29) is 5.69 Å². The summed E-state index contributed by atoms with van der Waals surface area (Å²) in [4.78, 5) is 21.4. The SMILES string of the molecule is CC(C)(C)OC(=O)NN=CC=Cc1cccc([N+](=O)[O-])c1. The van der Waals surface area contributed by atoms with Crippen molar-refractivity contribution in [2.75, 3.05) is 0 Å². The van der Waals surface area contributed by atoms with Crippen LogP contribution >= 0.6 is 0 Å². The molecule has 1 aromatic carbocycles. The molecule has 0 aliphatic heterocycles. The molecule has 0 saturated heterocycles. The van der Waals surface area contributed by atoms with E-state index in [1.54, 1.807) is 45.1 Å². The molecule has 0 fully saturated rings. The second kappa shape index (κ2) is 7.18. The summed E-state index contributed by atoms with van der Waals surface area (Å²) in [7, 11) is 0. The number of nitrogens with zero attached hydrogens (tertiary/aromatic N) is 2. The first-order valence-electron chi connectivity index (χ1n) is 6.21. The van der Waals surface area contributed by atoms with Crippen LogP contribution in [0.25, 0.3) is 6.08 Å². The molecular weight excluding hydrogens is 274 g/mol. The van der Waals surface area contributed by atoms with Crippen molar-refractivity contribution in [2.45, 2.75) is 26.4 Å². The molecular formula is C14H17N3O4. The van der Waals surface area contributed by atoms with Gasteiger partial charge >= 0.3 is 6.09 Å². The van der Waals surface area contributed by atoms with E-state index < -0.39 is 16.6 Å². The number of amides is 1. The number of allylic oxidation sites excluding steroid dienone is 1. The van der Waals surface area contributed by atoms with E-state index in [0.29, 0.717) is 5.56 Å². The second-order valence-corrected chi connectivity index (χ2v) is 5.10. The highest BCUT2D eigenvalue weighted by Gasteiger charge is 2.15. The molecule has 112 valence electrons. The van der Waals surface area contributed by atoms with Crippen molar-refractivity contribution in [3.63, 3.8) is 0 Å². The van der Waals surface area contributed by atoms with Crippen LogP contribution in [0.2, 0.25) is 0 Å². The van der Waals surface area contributed by atoms with Crippen molar-refractivity contribution >= 4 is 24.1 Å². The van der Waals surface area contributed by atoms with Crippen LogP contribution in [0.15, 0.2) is 35.4 Å². The van der Waals surface area contributed by atoms with Gasteiger partial charge in [0.2, 0.25) is 0 Å². The summed E-state index contributed by atoms with van der Waals surface area (Å²) in [5, 5.41) is 14.3. The maximum absolute atomic E-state index is 11.3. The molecule has 0 heterocycles. The van der Waals surface area contributed by atoms with Gasteiger partial charge in [-0.3, -0.25) is 10.1 Å². The molecule has 1 rings (SSSR count). The highest BCUT2D eigenvalue weighted by atomic mass is 16.6. The molecule has 0 unspecified atom stereocenters. The standard InChI is InChI=1S/C14H17N3O4/c1-14(2,3)21-13(18)16-15-9-5-7-11-6-4-8-12(10-11)17(19)20/h4-10H,1-3H3,(H,16,18). The number of benzene rings is 1. The molecule has 0 saturated carbocycles. The zero-order valence-corrected chi connectivity index (χ0v) is 12.1. The van der Waals surface area contributed by atoms with Gasteiger partial charge < -0.3 is 4.74 Å². The molecule has 0 radical (unpaired) electrons. The third kappa shape index (κ3) is 6.86. The number of hydrogen-bond acceptors (Lipinski definition) is 5. The van der Waals surface area contributed by atoms with E-state index in [0.717, 1.165) is 0 Å². The minimum absolute atomic E-state index is 0.0148. The Labute approximate surface area is 122 Å². The Balaban J connectivity index is 2.51. The molecule has 0 aliphatic rings. The van der Waals surface area contributed by atoms with E-state index in [9.17, 15) is 14.9 Å². The summed E-state index contributed by atoms with van der Waals surface area (Å²) in [5.74, 6) is 0. The number of non-ortho nitro benzene ring substituents is 1. The van der Waals surface area contributed by atoms with Gasteiger partial charge in [0, 0.05) is 18.3 Å². The third-order valence-electron chi connectivity index (χ3n) is 2.09. The summed E-state index contributed by atoms with van der Waals surface area (Å²) >= 11 is 0. The number of hydrazone groups is 1. The highest BCUT2D eigenvalue weighted by Crippen LogP contribution is 2.13. The summed E-state index contributed by atoms with van der Waals surface area (Å²) in [6, 6.07) is 6.16. The van der Waals surface area contributed by atoms with Crippen molar-refractivity contribution in [3.8, 4) is 0 Å². The monoisotopic (exact) mass is 291 g/mol. The molecule has 1 N–H and O–H groups in total. The van der Waals surface area contributed by atoms with Gasteiger partial charge in [-0.05, 0) is 32.4 Å². The minimum Gasteiger partial charge on any atom is -0.443 e. The first kappa shape index (κ1) is 16.4. The molecule has 0 atom stereocenters. The normalized spacial score (nSPS) is 11.8. The topological polar surface area (TPSA) is 93.8 Å². The first-order valence-corrected chi connectivity index (χ1v) is 6.21. The van der Waals surface area contributed by atoms with Gasteiger partial charge in [0.15, 0.2) is 0 Å². The number of nitrogens with one attached hydrogen (secondary N) is 1. The summed E-state index contributed by atoms with van der Waals surface area (Å²) in [5.41, 5.74) is 2.29. The van der Waals surface area contributed by atoms with Gasteiger partial charge in [0.25, 0.3) is 5.69 Å². The summed E-state index contributed by atoms with van der Waals surface area (Å²) in [6.07, 6.45) is 3.88. The Bertz CT molecular complexity index is 574. The largest absolute Gasteiger partial charge is 0.443 e.